The van der Waals surface area contributed by atoms with Crippen molar-refractivity contribution in [3.05, 3.63) is 28.8 Å². The molecule has 1 atom stereocenters. The Morgan fingerprint density at radius 1 is 1.38 bits per heavy atom. The highest BCUT2D eigenvalue weighted by atomic mass is 35.5. The fourth-order valence-corrected chi connectivity index (χ4v) is 1.89. The number of benzene rings is 1. The number of carbonyl (C=O) groups is 2. The van der Waals surface area contributed by atoms with Crippen molar-refractivity contribution in [2.24, 2.45) is 0 Å². The minimum atomic E-state index is -0.584. The van der Waals surface area contributed by atoms with Crippen LogP contribution < -0.4 is 15.4 Å². The van der Waals surface area contributed by atoms with E-state index < -0.39 is 6.04 Å². The van der Waals surface area contributed by atoms with Crippen molar-refractivity contribution in [1.82, 2.24) is 10.6 Å². The zero-order valence-corrected chi connectivity index (χ0v) is 13.3. The molecule has 1 aromatic carbocycles. The topological polar surface area (TPSA) is 67.4 Å². The Hall–Kier alpha value is -1.75. The van der Waals surface area contributed by atoms with Crippen LogP contribution in [0.15, 0.2) is 18.2 Å². The maximum Gasteiger partial charge on any atom is 0.258 e. The number of ether oxygens (including phenoxy) is 1. The second-order valence-corrected chi connectivity index (χ2v) is 5.22. The molecule has 2 N–H and O–H groups in total. The lowest BCUT2D eigenvalue weighted by Crippen LogP contribution is -2.46. The normalized spacial score (nSPS) is 11.6. The molecule has 0 saturated heterocycles. The molecule has 0 aliphatic rings. The lowest BCUT2D eigenvalue weighted by molar-refractivity contribution is -0.129. The molecule has 0 fully saturated rings. The standard InChI is InChI=1S/C15H21ClN2O3/c1-4-7-17-15(20)11(3)18-14(19)9-21-13-6-5-12(16)8-10(13)2/h5-6,8,11H,4,7,9H2,1-3H3,(H,17,20)(H,18,19). The van der Waals surface area contributed by atoms with Gasteiger partial charge in [-0.3, -0.25) is 9.59 Å². The Bertz CT molecular complexity index is 506. The Balaban J connectivity index is 2.41. The van der Waals surface area contributed by atoms with Crippen molar-refractivity contribution in [3.8, 4) is 5.75 Å². The van der Waals surface area contributed by atoms with Gasteiger partial charge in [0, 0.05) is 11.6 Å². The summed E-state index contributed by atoms with van der Waals surface area (Å²) in [7, 11) is 0. The molecule has 116 valence electrons. The first kappa shape index (κ1) is 17.3. The van der Waals surface area contributed by atoms with Gasteiger partial charge in [0.05, 0.1) is 0 Å². The van der Waals surface area contributed by atoms with Crippen LogP contribution in [0.3, 0.4) is 0 Å². The van der Waals surface area contributed by atoms with Gasteiger partial charge < -0.3 is 15.4 Å². The summed E-state index contributed by atoms with van der Waals surface area (Å²) in [5.41, 5.74) is 0.851. The number of hydrogen-bond acceptors (Lipinski definition) is 3. The highest BCUT2D eigenvalue weighted by molar-refractivity contribution is 6.30. The van der Waals surface area contributed by atoms with Crippen molar-refractivity contribution in [2.75, 3.05) is 13.2 Å². The lowest BCUT2D eigenvalue weighted by atomic mass is 10.2. The number of aryl methyl sites for hydroxylation is 1. The first-order valence-electron chi connectivity index (χ1n) is 6.90. The lowest BCUT2D eigenvalue weighted by Gasteiger charge is -2.14. The van der Waals surface area contributed by atoms with E-state index in [0.717, 1.165) is 12.0 Å². The summed E-state index contributed by atoms with van der Waals surface area (Å²) in [6.45, 7) is 5.90. The van der Waals surface area contributed by atoms with Crippen LogP contribution in [-0.2, 0) is 9.59 Å². The second kappa shape index (κ2) is 8.52. The van der Waals surface area contributed by atoms with Gasteiger partial charge in [-0.05, 0) is 44.0 Å². The number of hydrogen-bond donors (Lipinski definition) is 2. The van der Waals surface area contributed by atoms with Gasteiger partial charge >= 0.3 is 0 Å². The van der Waals surface area contributed by atoms with Crippen LogP contribution in [0.1, 0.15) is 25.8 Å². The van der Waals surface area contributed by atoms with E-state index in [2.05, 4.69) is 10.6 Å². The smallest absolute Gasteiger partial charge is 0.258 e. The fourth-order valence-electron chi connectivity index (χ4n) is 1.67. The number of nitrogens with one attached hydrogen (secondary N) is 2. The molecule has 0 aliphatic heterocycles. The average Bonchev–Trinajstić information content (AvgIpc) is 2.43. The Morgan fingerprint density at radius 2 is 2.10 bits per heavy atom. The molecule has 0 aliphatic carbocycles. The fraction of sp³-hybridized carbons (Fsp3) is 0.467. The SMILES string of the molecule is CCCNC(=O)C(C)NC(=O)COc1ccc(Cl)cc1C. The molecule has 21 heavy (non-hydrogen) atoms. The van der Waals surface area contributed by atoms with Crippen molar-refractivity contribution in [3.63, 3.8) is 0 Å². The van der Waals surface area contributed by atoms with E-state index in [0.29, 0.717) is 17.3 Å². The van der Waals surface area contributed by atoms with E-state index in [9.17, 15) is 9.59 Å². The molecule has 0 saturated carbocycles. The molecule has 0 bridgehead atoms. The summed E-state index contributed by atoms with van der Waals surface area (Å²) in [4.78, 5) is 23.4. The van der Waals surface area contributed by atoms with Gasteiger partial charge in [0.1, 0.15) is 11.8 Å². The summed E-state index contributed by atoms with van der Waals surface area (Å²) < 4.78 is 5.41. The zero-order chi connectivity index (χ0) is 15.8. The van der Waals surface area contributed by atoms with Gasteiger partial charge in [-0.2, -0.15) is 0 Å². The maximum absolute atomic E-state index is 11.7. The van der Waals surface area contributed by atoms with Crippen LogP contribution in [0.2, 0.25) is 5.02 Å². The van der Waals surface area contributed by atoms with Gasteiger partial charge in [-0.15, -0.1) is 0 Å². The molecule has 5 nitrogen and oxygen atoms in total. The number of halogens is 1. The zero-order valence-electron chi connectivity index (χ0n) is 12.5. The molecule has 1 aromatic rings. The van der Waals surface area contributed by atoms with Crippen molar-refractivity contribution < 1.29 is 14.3 Å². The largest absolute Gasteiger partial charge is 0.484 e. The van der Waals surface area contributed by atoms with E-state index in [-0.39, 0.29) is 18.4 Å². The number of amides is 2. The summed E-state index contributed by atoms with van der Waals surface area (Å²) in [6.07, 6.45) is 0.853. The van der Waals surface area contributed by atoms with Crippen LogP contribution in [0.5, 0.6) is 5.75 Å². The van der Waals surface area contributed by atoms with Crippen molar-refractivity contribution in [2.45, 2.75) is 33.2 Å². The predicted molar refractivity (Wildman–Crippen MR) is 82.6 cm³/mol. The Morgan fingerprint density at radius 3 is 2.71 bits per heavy atom. The molecular weight excluding hydrogens is 292 g/mol. The average molecular weight is 313 g/mol. The Labute approximate surface area is 130 Å². The predicted octanol–water partition coefficient (Wildman–Crippen LogP) is 2.06. The molecule has 0 heterocycles. The molecule has 0 aromatic heterocycles. The number of carbonyl (C=O) groups excluding carboxylic acids is 2. The minimum Gasteiger partial charge on any atom is -0.484 e. The molecule has 1 rings (SSSR count). The third-order valence-electron chi connectivity index (χ3n) is 2.82. The molecule has 1 unspecified atom stereocenters. The van der Waals surface area contributed by atoms with Crippen LogP contribution in [0.25, 0.3) is 0 Å². The Kier molecular flexibility index (Phi) is 7.02. The molecule has 0 spiro atoms. The summed E-state index contributed by atoms with van der Waals surface area (Å²) >= 11 is 5.85. The third-order valence-corrected chi connectivity index (χ3v) is 3.05. The minimum absolute atomic E-state index is 0.145. The van der Waals surface area contributed by atoms with Gasteiger partial charge in [0.25, 0.3) is 5.91 Å². The molecule has 0 radical (unpaired) electrons. The van der Waals surface area contributed by atoms with Crippen LogP contribution >= 0.6 is 11.6 Å². The molecule has 2 amide bonds. The maximum atomic E-state index is 11.7. The van der Waals surface area contributed by atoms with Crippen molar-refractivity contribution >= 4 is 23.4 Å². The number of rotatable bonds is 7. The van der Waals surface area contributed by atoms with Crippen LogP contribution in [0, 0.1) is 6.92 Å². The van der Waals surface area contributed by atoms with Crippen LogP contribution in [-0.4, -0.2) is 31.0 Å². The van der Waals surface area contributed by atoms with E-state index in [1.54, 1.807) is 25.1 Å². The third kappa shape index (κ3) is 6.04. The summed E-state index contributed by atoms with van der Waals surface area (Å²) in [6, 6.07) is 4.58. The van der Waals surface area contributed by atoms with Crippen molar-refractivity contribution in [1.29, 1.82) is 0 Å². The van der Waals surface area contributed by atoms with E-state index in [1.807, 2.05) is 13.8 Å². The quantitative estimate of drug-likeness (QED) is 0.810. The van der Waals surface area contributed by atoms with Crippen LogP contribution in [0.4, 0.5) is 0 Å². The van der Waals surface area contributed by atoms with Gasteiger partial charge in [-0.1, -0.05) is 18.5 Å². The summed E-state index contributed by atoms with van der Waals surface area (Å²) in [5.74, 6) is 0.0500. The second-order valence-electron chi connectivity index (χ2n) is 4.78. The monoisotopic (exact) mass is 312 g/mol. The summed E-state index contributed by atoms with van der Waals surface area (Å²) in [5, 5.41) is 5.92. The first-order chi connectivity index (χ1) is 9.93. The molecule has 6 heteroatoms. The molecular formula is C15H21ClN2O3. The highest BCUT2D eigenvalue weighted by Crippen LogP contribution is 2.21. The van der Waals surface area contributed by atoms with E-state index in [4.69, 9.17) is 16.3 Å². The van der Waals surface area contributed by atoms with Gasteiger partial charge in [-0.25, -0.2) is 0 Å². The van der Waals surface area contributed by atoms with E-state index >= 15 is 0 Å². The van der Waals surface area contributed by atoms with Gasteiger partial charge in [0.2, 0.25) is 5.91 Å². The first-order valence-corrected chi connectivity index (χ1v) is 7.27. The highest BCUT2D eigenvalue weighted by Gasteiger charge is 2.15. The van der Waals surface area contributed by atoms with Gasteiger partial charge in [0.15, 0.2) is 6.61 Å². The van der Waals surface area contributed by atoms with E-state index in [1.165, 1.54) is 0 Å².